The lowest BCUT2D eigenvalue weighted by atomic mass is 10.1. The number of rotatable bonds is 6. The Labute approximate surface area is 148 Å². The van der Waals surface area contributed by atoms with Gasteiger partial charge in [0.05, 0.1) is 23.8 Å². The second kappa shape index (κ2) is 8.80. The molecule has 0 radical (unpaired) electrons. The van der Waals surface area contributed by atoms with E-state index in [0.29, 0.717) is 18.7 Å². The fraction of sp³-hybridized carbons (Fsp3) is 0.500. The molecule has 0 N–H and O–H groups in total. The van der Waals surface area contributed by atoms with Gasteiger partial charge in [-0.3, -0.25) is 4.79 Å². The molecule has 2 saturated heterocycles. The molecule has 2 fully saturated rings. The Hall–Kier alpha value is -2.16. The molecule has 1 aromatic carbocycles. The van der Waals surface area contributed by atoms with Crippen LogP contribution in [-0.2, 0) is 14.3 Å². The Morgan fingerprint density at radius 3 is 2.20 bits per heavy atom. The minimum Gasteiger partial charge on any atom is -0.376 e. The Balaban J connectivity index is 1.63. The lowest BCUT2D eigenvalue weighted by molar-refractivity contribution is -0.129. The number of benzene rings is 1. The van der Waals surface area contributed by atoms with Gasteiger partial charge in [-0.15, -0.1) is 0 Å². The smallest absolute Gasteiger partial charge is 0.246 e. The van der Waals surface area contributed by atoms with E-state index < -0.39 is 0 Å². The third kappa shape index (κ3) is 5.15. The van der Waals surface area contributed by atoms with Crippen molar-refractivity contribution in [2.75, 3.05) is 26.3 Å². The van der Waals surface area contributed by atoms with Crippen LogP contribution in [0.25, 0.3) is 6.08 Å². The quantitative estimate of drug-likeness (QED) is 0.747. The van der Waals surface area contributed by atoms with Gasteiger partial charge in [0.2, 0.25) is 5.91 Å². The monoisotopic (exact) mass is 340 g/mol. The van der Waals surface area contributed by atoms with Crippen LogP contribution in [-0.4, -0.2) is 49.3 Å². The van der Waals surface area contributed by atoms with E-state index in [-0.39, 0.29) is 18.1 Å². The lowest BCUT2D eigenvalue weighted by Crippen LogP contribution is -2.41. The zero-order valence-electron chi connectivity index (χ0n) is 14.4. The molecule has 2 heterocycles. The Kier molecular flexibility index (Phi) is 6.21. The van der Waals surface area contributed by atoms with E-state index in [0.717, 1.165) is 44.5 Å². The first-order chi connectivity index (χ1) is 12.2. The normalized spacial score (nSPS) is 23.0. The van der Waals surface area contributed by atoms with E-state index in [2.05, 4.69) is 6.07 Å². The molecule has 2 aliphatic heterocycles. The Bertz CT molecular complexity index is 618. The molecular formula is C20H24N2O3. The summed E-state index contributed by atoms with van der Waals surface area (Å²) >= 11 is 0. The highest BCUT2D eigenvalue weighted by Crippen LogP contribution is 2.18. The molecule has 132 valence electrons. The topological polar surface area (TPSA) is 62.6 Å². The third-order valence-electron chi connectivity index (χ3n) is 4.67. The number of ether oxygens (including phenoxy) is 2. The molecule has 25 heavy (non-hydrogen) atoms. The number of hydrogen-bond acceptors (Lipinski definition) is 4. The lowest BCUT2D eigenvalue weighted by Gasteiger charge is -2.26. The molecule has 3 rings (SSSR count). The predicted octanol–water partition coefficient (Wildman–Crippen LogP) is 2.76. The Morgan fingerprint density at radius 2 is 1.72 bits per heavy atom. The van der Waals surface area contributed by atoms with Crippen LogP contribution >= 0.6 is 0 Å². The average Bonchev–Trinajstić information content (AvgIpc) is 3.33. The molecule has 2 aliphatic rings. The van der Waals surface area contributed by atoms with Crippen LogP contribution in [0.3, 0.4) is 0 Å². The Morgan fingerprint density at radius 1 is 1.12 bits per heavy atom. The standard InChI is InChI=1S/C20H24N2O3/c21-13-17-7-5-16(6-8-17)9-10-20(23)22(14-18-3-1-11-24-18)15-19-4-2-12-25-19/h5-10,18-19H,1-4,11-12,14-15H2/b10-9+/t18-,19-/m0/s1. The zero-order chi connectivity index (χ0) is 17.5. The maximum absolute atomic E-state index is 12.7. The van der Waals surface area contributed by atoms with Gasteiger partial charge in [0.25, 0.3) is 0 Å². The second-order valence-corrected chi connectivity index (χ2v) is 6.58. The van der Waals surface area contributed by atoms with Crippen molar-refractivity contribution in [2.24, 2.45) is 0 Å². The van der Waals surface area contributed by atoms with Crippen molar-refractivity contribution >= 4 is 12.0 Å². The number of hydrogen-bond donors (Lipinski definition) is 0. The van der Waals surface area contributed by atoms with Crippen LogP contribution in [0, 0.1) is 11.3 Å². The van der Waals surface area contributed by atoms with Gasteiger partial charge in [0.15, 0.2) is 0 Å². The van der Waals surface area contributed by atoms with Gasteiger partial charge < -0.3 is 14.4 Å². The summed E-state index contributed by atoms with van der Waals surface area (Å²) in [5, 5.41) is 8.84. The zero-order valence-corrected chi connectivity index (χ0v) is 14.4. The largest absolute Gasteiger partial charge is 0.376 e. The number of nitriles is 1. The summed E-state index contributed by atoms with van der Waals surface area (Å²) in [6.45, 7) is 2.81. The third-order valence-corrected chi connectivity index (χ3v) is 4.67. The molecule has 0 bridgehead atoms. The fourth-order valence-corrected chi connectivity index (χ4v) is 3.26. The summed E-state index contributed by atoms with van der Waals surface area (Å²) in [6, 6.07) is 9.27. The van der Waals surface area contributed by atoms with Crippen LogP contribution in [0.4, 0.5) is 0 Å². The van der Waals surface area contributed by atoms with Gasteiger partial charge in [-0.2, -0.15) is 5.26 Å². The summed E-state index contributed by atoms with van der Waals surface area (Å²) in [4.78, 5) is 14.5. The highest BCUT2D eigenvalue weighted by Gasteiger charge is 2.25. The number of carbonyl (C=O) groups is 1. The van der Waals surface area contributed by atoms with Crippen molar-refractivity contribution in [1.29, 1.82) is 5.26 Å². The van der Waals surface area contributed by atoms with E-state index in [4.69, 9.17) is 14.7 Å². The first-order valence-corrected chi connectivity index (χ1v) is 8.95. The van der Waals surface area contributed by atoms with Crippen LogP contribution in [0.2, 0.25) is 0 Å². The molecule has 0 spiro atoms. The van der Waals surface area contributed by atoms with Crippen molar-refractivity contribution in [3.8, 4) is 6.07 Å². The van der Waals surface area contributed by atoms with Crippen molar-refractivity contribution in [3.05, 3.63) is 41.5 Å². The van der Waals surface area contributed by atoms with E-state index in [1.54, 1.807) is 24.3 Å². The molecule has 5 heteroatoms. The highest BCUT2D eigenvalue weighted by molar-refractivity contribution is 5.91. The number of carbonyl (C=O) groups excluding carboxylic acids is 1. The van der Waals surface area contributed by atoms with Gasteiger partial charge in [0.1, 0.15) is 0 Å². The van der Waals surface area contributed by atoms with Crippen LogP contribution < -0.4 is 0 Å². The van der Waals surface area contributed by atoms with Crippen molar-refractivity contribution < 1.29 is 14.3 Å². The summed E-state index contributed by atoms with van der Waals surface area (Å²) in [6.07, 6.45) is 7.81. The van der Waals surface area contributed by atoms with Crippen LogP contribution in [0.15, 0.2) is 30.3 Å². The predicted molar refractivity (Wildman–Crippen MR) is 94.7 cm³/mol. The molecule has 2 atom stereocenters. The SMILES string of the molecule is N#Cc1ccc(/C=C/C(=O)N(C[C@@H]2CCCO2)C[C@@H]2CCCO2)cc1. The fourth-order valence-electron chi connectivity index (χ4n) is 3.26. The maximum Gasteiger partial charge on any atom is 0.246 e. The summed E-state index contributed by atoms with van der Waals surface area (Å²) < 4.78 is 11.4. The molecule has 1 aromatic rings. The minimum absolute atomic E-state index is 0.0182. The first kappa shape index (κ1) is 17.7. The van der Waals surface area contributed by atoms with Crippen molar-refractivity contribution in [1.82, 2.24) is 4.90 Å². The van der Waals surface area contributed by atoms with Crippen LogP contribution in [0.1, 0.15) is 36.8 Å². The maximum atomic E-state index is 12.7. The molecule has 1 amide bonds. The summed E-state index contributed by atoms with van der Waals surface area (Å²) in [5.41, 5.74) is 1.52. The second-order valence-electron chi connectivity index (χ2n) is 6.58. The average molecular weight is 340 g/mol. The molecule has 0 unspecified atom stereocenters. The molecule has 5 nitrogen and oxygen atoms in total. The van der Waals surface area contributed by atoms with Gasteiger partial charge in [-0.1, -0.05) is 12.1 Å². The summed E-state index contributed by atoms with van der Waals surface area (Å²) in [5.74, 6) is -0.0182. The van der Waals surface area contributed by atoms with Gasteiger partial charge in [-0.25, -0.2) is 0 Å². The molecule has 0 saturated carbocycles. The molecule has 0 aliphatic carbocycles. The molecule has 0 aromatic heterocycles. The minimum atomic E-state index is -0.0182. The molecular weight excluding hydrogens is 316 g/mol. The van der Waals surface area contributed by atoms with E-state index >= 15 is 0 Å². The van der Waals surface area contributed by atoms with Crippen molar-refractivity contribution in [3.63, 3.8) is 0 Å². The first-order valence-electron chi connectivity index (χ1n) is 8.95. The number of nitrogens with zero attached hydrogens (tertiary/aromatic N) is 2. The van der Waals surface area contributed by atoms with Gasteiger partial charge in [0, 0.05) is 32.4 Å². The number of amides is 1. The van der Waals surface area contributed by atoms with E-state index in [1.165, 1.54) is 0 Å². The van der Waals surface area contributed by atoms with Crippen LogP contribution in [0.5, 0.6) is 0 Å². The van der Waals surface area contributed by atoms with Gasteiger partial charge >= 0.3 is 0 Å². The van der Waals surface area contributed by atoms with Gasteiger partial charge in [-0.05, 0) is 49.5 Å². The summed E-state index contributed by atoms with van der Waals surface area (Å²) in [7, 11) is 0. The van der Waals surface area contributed by atoms with Crippen molar-refractivity contribution in [2.45, 2.75) is 37.9 Å². The van der Waals surface area contributed by atoms with E-state index in [1.807, 2.05) is 17.0 Å². The van der Waals surface area contributed by atoms with E-state index in [9.17, 15) is 4.79 Å². The highest BCUT2D eigenvalue weighted by atomic mass is 16.5.